The molecule has 0 bridgehead atoms. The fourth-order valence-corrected chi connectivity index (χ4v) is 3.20. The molecule has 0 aliphatic carbocycles. The molecule has 6 nitrogen and oxygen atoms in total. The van der Waals surface area contributed by atoms with Crippen molar-refractivity contribution in [3.8, 4) is 0 Å². The molecule has 1 aromatic heterocycles. The molecule has 0 aliphatic rings. The lowest BCUT2D eigenvalue weighted by molar-refractivity contribution is 0.601. The van der Waals surface area contributed by atoms with E-state index in [2.05, 4.69) is 20.1 Å². The molecule has 0 aliphatic heterocycles. The second-order valence-corrected chi connectivity index (χ2v) is 6.71. The minimum Gasteiger partial charge on any atom is -0.280 e. The van der Waals surface area contributed by atoms with Crippen molar-refractivity contribution in [2.45, 2.75) is 4.90 Å². The zero-order valence-electron chi connectivity index (χ0n) is 10.3. The van der Waals surface area contributed by atoms with E-state index in [9.17, 15) is 8.42 Å². The van der Waals surface area contributed by atoms with Crippen LogP contribution in [0.3, 0.4) is 0 Å². The smallest absolute Gasteiger partial charge is 0.261 e. The van der Waals surface area contributed by atoms with Crippen molar-refractivity contribution in [3.63, 3.8) is 0 Å². The molecule has 0 radical (unpaired) electrons. The summed E-state index contributed by atoms with van der Waals surface area (Å²) in [4.78, 5) is 0.0251. The maximum absolute atomic E-state index is 12.3. The Labute approximate surface area is 130 Å². The van der Waals surface area contributed by atoms with Crippen LogP contribution >= 0.6 is 23.2 Å². The summed E-state index contributed by atoms with van der Waals surface area (Å²) >= 11 is 11.6. The first kappa shape index (κ1) is 14.1. The Hall–Kier alpha value is -1.83. The summed E-state index contributed by atoms with van der Waals surface area (Å²) in [7, 11) is -3.76. The maximum Gasteiger partial charge on any atom is 0.261 e. The Morgan fingerprint density at radius 1 is 0.952 bits per heavy atom. The van der Waals surface area contributed by atoms with Crippen molar-refractivity contribution >= 4 is 49.9 Å². The van der Waals surface area contributed by atoms with Gasteiger partial charge in [0.25, 0.3) is 10.0 Å². The predicted molar refractivity (Wildman–Crippen MR) is 81.2 cm³/mol. The van der Waals surface area contributed by atoms with Crippen LogP contribution < -0.4 is 4.72 Å². The van der Waals surface area contributed by atoms with Crippen molar-refractivity contribution in [2.75, 3.05) is 4.72 Å². The summed E-state index contributed by atoms with van der Waals surface area (Å²) in [5.74, 6) is 0. The van der Waals surface area contributed by atoms with Crippen molar-refractivity contribution in [2.24, 2.45) is 0 Å². The summed E-state index contributed by atoms with van der Waals surface area (Å²) < 4.78 is 27.0. The third kappa shape index (κ3) is 2.80. The van der Waals surface area contributed by atoms with Gasteiger partial charge < -0.3 is 0 Å². The molecule has 0 saturated heterocycles. The van der Waals surface area contributed by atoms with Gasteiger partial charge in [0.15, 0.2) is 0 Å². The number of aromatic nitrogens is 3. The first-order valence-corrected chi connectivity index (χ1v) is 7.98. The maximum atomic E-state index is 12.3. The van der Waals surface area contributed by atoms with Crippen LogP contribution in [0.15, 0.2) is 41.3 Å². The average molecular weight is 343 g/mol. The normalized spacial score (nSPS) is 11.7. The Bertz CT molecular complexity index is 924. The fourth-order valence-electron chi connectivity index (χ4n) is 1.76. The summed E-state index contributed by atoms with van der Waals surface area (Å²) in [6, 6.07) is 8.94. The Kier molecular flexibility index (Phi) is 3.48. The molecule has 21 heavy (non-hydrogen) atoms. The van der Waals surface area contributed by atoms with E-state index in [1.165, 1.54) is 18.2 Å². The Morgan fingerprint density at radius 3 is 2.48 bits per heavy atom. The molecule has 0 amide bonds. The number of aromatic amines is 1. The van der Waals surface area contributed by atoms with Crippen LogP contribution in [0.25, 0.3) is 11.0 Å². The largest absolute Gasteiger partial charge is 0.280 e. The van der Waals surface area contributed by atoms with Gasteiger partial charge in [-0.1, -0.05) is 23.2 Å². The highest BCUT2D eigenvalue weighted by atomic mass is 35.5. The number of rotatable bonds is 3. The number of nitrogens with one attached hydrogen (secondary N) is 2. The van der Waals surface area contributed by atoms with Crippen molar-refractivity contribution < 1.29 is 8.42 Å². The summed E-state index contributed by atoms with van der Waals surface area (Å²) in [6.45, 7) is 0. The first-order chi connectivity index (χ1) is 9.95. The van der Waals surface area contributed by atoms with Crippen LogP contribution in [0.4, 0.5) is 5.69 Å². The topological polar surface area (TPSA) is 87.7 Å². The minimum atomic E-state index is -3.76. The number of anilines is 1. The lowest BCUT2D eigenvalue weighted by Gasteiger charge is -2.08. The van der Waals surface area contributed by atoms with E-state index >= 15 is 0 Å². The van der Waals surface area contributed by atoms with Gasteiger partial charge in [-0.2, -0.15) is 15.4 Å². The lowest BCUT2D eigenvalue weighted by atomic mass is 10.3. The van der Waals surface area contributed by atoms with E-state index < -0.39 is 10.0 Å². The van der Waals surface area contributed by atoms with E-state index in [4.69, 9.17) is 23.2 Å². The lowest BCUT2D eigenvalue weighted by Crippen LogP contribution is -2.12. The summed E-state index contributed by atoms with van der Waals surface area (Å²) in [5.41, 5.74) is 1.58. The molecule has 0 unspecified atom stereocenters. The molecule has 2 N–H and O–H groups in total. The number of H-pyrrole nitrogens is 1. The molecule has 0 saturated carbocycles. The summed E-state index contributed by atoms with van der Waals surface area (Å²) in [5, 5.41) is 10.7. The van der Waals surface area contributed by atoms with Crippen molar-refractivity contribution in [1.82, 2.24) is 15.4 Å². The highest BCUT2D eigenvalue weighted by Gasteiger charge is 2.16. The SMILES string of the molecule is O=S(=O)(Nc1ccc2n[nH]nc2c1)c1ccc(Cl)c(Cl)c1. The number of halogens is 2. The Morgan fingerprint density at radius 2 is 1.71 bits per heavy atom. The van der Waals surface area contributed by atoms with E-state index in [0.29, 0.717) is 21.7 Å². The van der Waals surface area contributed by atoms with Crippen LogP contribution in [-0.4, -0.2) is 23.8 Å². The van der Waals surface area contributed by atoms with Crippen LogP contribution in [0.5, 0.6) is 0 Å². The van der Waals surface area contributed by atoms with Crippen LogP contribution in [0, 0.1) is 0 Å². The predicted octanol–water partition coefficient (Wildman–Crippen LogP) is 3.07. The Balaban J connectivity index is 1.96. The van der Waals surface area contributed by atoms with Crippen molar-refractivity contribution in [3.05, 3.63) is 46.4 Å². The van der Waals surface area contributed by atoms with Crippen LogP contribution in [0.1, 0.15) is 0 Å². The van der Waals surface area contributed by atoms with Crippen LogP contribution in [-0.2, 0) is 10.0 Å². The average Bonchev–Trinajstić information content (AvgIpc) is 2.88. The van der Waals surface area contributed by atoms with Gasteiger partial charge >= 0.3 is 0 Å². The van der Waals surface area contributed by atoms with Crippen LogP contribution in [0.2, 0.25) is 10.0 Å². The van der Waals surface area contributed by atoms with Gasteiger partial charge in [-0.15, -0.1) is 0 Å². The van der Waals surface area contributed by atoms with Gasteiger partial charge in [0.05, 0.1) is 20.6 Å². The second-order valence-electron chi connectivity index (χ2n) is 4.21. The number of hydrogen-bond donors (Lipinski definition) is 2. The van der Waals surface area contributed by atoms with E-state index in [1.54, 1.807) is 18.2 Å². The van der Waals surface area contributed by atoms with Gasteiger partial charge in [0.2, 0.25) is 0 Å². The standard InChI is InChI=1S/C12H8Cl2N4O2S/c13-9-3-2-8(6-10(9)14)21(19,20)17-7-1-4-11-12(5-7)16-18-15-11/h1-6,17H,(H,15,16,18). The van der Waals surface area contributed by atoms with Gasteiger partial charge in [-0.05, 0) is 36.4 Å². The molecule has 1 heterocycles. The van der Waals surface area contributed by atoms with Gasteiger partial charge in [0, 0.05) is 0 Å². The number of fused-ring (bicyclic) bond motifs is 1. The molecular weight excluding hydrogens is 335 g/mol. The van der Waals surface area contributed by atoms with E-state index in [1.807, 2.05) is 0 Å². The van der Waals surface area contributed by atoms with Gasteiger partial charge in [0.1, 0.15) is 11.0 Å². The number of hydrogen-bond acceptors (Lipinski definition) is 4. The molecule has 108 valence electrons. The number of sulfonamides is 1. The molecule has 0 spiro atoms. The minimum absolute atomic E-state index is 0.0251. The van der Waals surface area contributed by atoms with E-state index in [0.717, 1.165) is 0 Å². The second kappa shape index (κ2) is 5.18. The van der Waals surface area contributed by atoms with Gasteiger partial charge in [-0.3, -0.25) is 4.72 Å². The fraction of sp³-hybridized carbons (Fsp3) is 0. The van der Waals surface area contributed by atoms with Gasteiger partial charge in [-0.25, -0.2) is 8.42 Å². The van der Waals surface area contributed by atoms with E-state index in [-0.39, 0.29) is 9.92 Å². The third-order valence-corrected chi connectivity index (χ3v) is 4.89. The zero-order chi connectivity index (χ0) is 15.0. The third-order valence-electron chi connectivity index (χ3n) is 2.77. The molecule has 3 aromatic rings. The zero-order valence-corrected chi connectivity index (χ0v) is 12.7. The highest BCUT2D eigenvalue weighted by Crippen LogP contribution is 2.26. The number of benzene rings is 2. The molecule has 2 aromatic carbocycles. The molecular formula is C12H8Cl2N4O2S. The number of nitrogens with zero attached hydrogens (tertiary/aromatic N) is 2. The molecule has 0 atom stereocenters. The monoisotopic (exact) mass is 342 g/mol. The molecule has 3 rings (SSSR count). The molecule has 9 heteroatoms. The summed E-state index contributed by atoms with van der Waals surface area (Å²) in [6.07, 6.45) is 0. The highest BCUT2D eigenvalue weighted by molar-refractivity contribution is 7.92. The first-order valence-electron chi connectivity index (χ1n) is 5.74. The molecule has 0 fully saturated rings. The quantitative estimate of drug-likeness (QED) is 0.765. The van der Waals surface area contributed by atoms with Crippen molar-refractivity contribution in [1.29, 1.82) is 0 Å².